The van der Waals surface area contributed by atoms with Gasteiger partial charge in [-0.1, -0.05) is 12.1 Å². The van der Waals surface area contributed by atoms with E-state index in [1.165, 1.54) is 23.2 Å². The maximum Gasteiger partial charge on any atom is 0.260 e. The van der Waals surface area contributed by atoms with Crippen molar-refractivity contribution in [3.8, 4) is 5.75 Å². The molecular weight excluding hydrogens is 428 g/mol. The van der Waals surface area contributed by atoms with Crippen molar-refractivity contribution in [1.82, 2.24) is 14.8 Å². The van der Waals surface area contributed by atoms with E-state index in [1.54, 1.807) is 20.1 Å². The Kier molecular flexibility index (Phi) is 6.87. The zero-order valence-electron chi connectivity index (χ0n) is 18.2. The third-order valence-corrected chi connectivity index (χ3v) is 6.30. The van der Waals surface area contributed by atoms with Gasteiger partial charge in [0.25, 0.3) is 5.91 Å². The number of rotatable bonds is 7. The Balaban J connectivity index is 1.24. The molecule has 1 saturated heterocycles. The first-order valence-electron chi connectivity index (χ1n) is 10.4. The van der Waals surface area contributed by atoms with Crippen molar-refractivity contribution in [2.24, 2.45) is 0 Å². The fraction of sp³-hybridized carbons (Fsp3) is 0.348. The summed E-state index contributed by atoms with van der Waals surface area (Å²) in [6.07, 6.45) is 1.71. The molecule has 0 unspecified atom stereocenters. The molecule has 9 heteroatoms. The van der Waals surface area contributed by atoms with E-state index in [1.807, 2.05) is 22.4 Å². The number of hydrogen-bond acceptors (Lipinski definition) is 7. The smallest absolute Gasteiger partial charge is 0.260 e. The Labute approximate surface area is 190 Å². The number of furan rings is 1. The lowest BCUT2D eigenvalue weighted by Gasteiger charge is -2.34. The number of methoxy groups -OCH3 is 1. The van der Waals surface area contributed by atoms with Crippen molar-refractivity contribution < 1.29 is 18.7 Å². The van der Waals surface area contributed by atoms with Gasteiger partial charge in [0.15, 0.2) is 5.13 Å². The van der Waals surface area contributed by atoms with Crippen molar-refractivity contribution in [3.05, 3.63) is 64.6 Å². The summed E-state index contributed by atoms with van der Waals surface area (Å²) in [5.74, 6) is 1.20. The second-order valence-electron chi connectivity index (χ2n) is 7.67. The SMILES string of the molecule is COc1ccc(CN2CCN(C(=O)Cc3csc(NC(=O)c4ccoc4C)n3)CC2)cc1. The number of nitrogens with zero attached hydrogens (tertiary/aromatic N) is 3. The van der Waals surface area contributed by atoms with Crippen molar-refractivity contribution in [3.63, 3.8) is 0 Å². The van der Waals surface area contributed by atoms with E-state index in [0.29, 0.717) is 35.2 Å². The van der Waals surface area contributed by atoms with Gasteiger partial charge in [-0.2, -0.15) is 0 Å². The molecule has 0 aliphatic carbocycles. The predicted molar refractivity (Wildman–Crippen MR) is 122 cm³/mol. The highest BCUT2D eigenvalue weighted by Gasteiger charge is 2.22. The van der Waals surface area contributed by atoms with E-state index in [0.717, 1.165) is 25.4 Å². The van der Waals surface area contributed by atoms with Gasteiger partial charge in [0.2, 0.25) is 5.91 Å². The minimum Gasteiger partial charge on any atom is -0.497 e. The highest BCUT2D eigenvalue weighted by molar-refractivity contribution is 7.14. The molecule has 0 atom stereocenters. The van der Waals surface area contributed by atoms with Gasteiger partial charge in [0.1, 0.15) is 11.5 Å². The fourth-order valence-corrected chi connectivity index (χ4v) is 4.35. The highest BCUT2D eigenvalue weighted by Crippen LogP contribution is 2.19. The van der Waals surface area contributed by atoms with Gasteiger partial charge in [-0.15, -0.1) is 11.3 Å². The number of ether oxygens (including phenoxy) is 1. The van der Waals surface area contributed by atoms with Crippen molar-refractivity contribution in [2.45, 2.75) is 19.9 Å². The number of carbonyl (C=O) groups excluding carboxylic acids is 2. The van der Waals surface area contributed by atoms with Gasteiger partial charge in [0.05, 0.1) is 31.1 Å². The Morgan fingerprint density at radius 1 is 1.16 bits per heavy atom. The van der Waals surface area contributed by atoms with Gasteiger partial charge >= 0.3 is 0 Å². The number of nitrogens with one attached hydrogen (secondary N) is 1. The molecule has 3 heterocycles. The number of aromatic nitrogens is 1. The number of carbonyl (C=O) groups is 2. The van der Waals surface area contributed by atoms with E-state index in [9.17, 15) is 9.59 Å². The summed E-state index contributed by atoms with van der Waals surface area (Å²) in [6, 6.07) is 9.70. The number of amides is 2. The topological polar surface area (TPSA) is 87.9 Å². The molecule has 1 N–H and O–H groups in total. The van der Waals surface area contributed by atoms with E-state index in [4.69, 9.17) is 9.15 Å². The number of benzene rings is 1. The average molecular weight is 455 g/mol. The lowest BCUT2D eigenvalue weighted by molar-refractivity contribution is -0.132. The zero-order valence-corrected chi connectivity index (χ0v) is 19.0. The molecule has 8 nitrogen and oxygen atoms in total. The van der Waals surface area contributed by atoms with Crippen LogP contribution >= 0.6 is 11.3 Å². The average Bonchev–Trinajstić information content (AvgIpc) is 3.43. The third-order valence-electron chi connectivity index (χ3n) is 5.50. The van der Waals surface area contributed by atoms with Crippen LogP contribution in [0.4, 0.5) is 5.13 Å². The molecule has 168 valence electrons. The van der Waals surface area contributed by atoms with E-state index in [2.05, 4.69) is 27.3 Å². The maximum atomic E-state index is 12.7. The number of hydrogen-bond donors (Lipinski definition) is 1. The second-order valence-corrected chi connectivity index (χ2v) is 8.53. The first-order valence-corrected chi connectivity index (χ1v) is 11.3. The molecule has 1 fully saturated rings. The number of aryl methyl sites for hydroxylation is 1. The molecule has 4 rings (SSSR count). The standard InChI is InChI=1S/C23H26N4O4S/c1-16-20(7-12-31-16)22(29)25-23-24-18(15-32-23)13-21(28)27-10-8-26(9-11-27)14-17-3-5-19(30-2)6-4-17/h3-7,12,15H,8-11,13-14H2,1-2H3,(H,24,25,29). The lowest BCUT2D eigenvalue weighted by Crippen LogP contribution is -2.48. The monoisotopic (exact) mass is 454 g/mol. The predicted octanol–water partition coefficient (Wildman–Crippen LogP) is 3.19. The molecule has 32 heavy (non-hydrogen) atoms. The second kappa shape index (κ2) is 9.97. The first-order chi connectivity index (χ1) is 15.5. The molecule has 0 bridgehead atoms. The number of thiazole rings is 1. The maximum absolute atomic E-state index is 12.7. The summed E-state index contributed by atoms with van der Waals surface area (Å²) in [7, 11) is 1.66. The number of piperazine rings is 1. The Morgan fingerprint density at radius 2 is 1.91 bits per heavy atom. The minimum absolute atomic E-state index is 0.0583. The van der Waals surface area contributed by atoms with Crippen LogP contribution in [0.15, 0.2) is 46.4 Å². The molecule has 2 aromatic heterocycles. The fourth-order valence-electron chi connectivity index (χ4n) is 3.64. The zero-order chi connectivity index (χ0) is 22.5. The van der Waals surface area contributed by atoms with Crippen LogP contribution in [-0.4, -0.2) is 59.9 Å². The van der Waals surface area contributed by atoms with Gasteiger partial charge in [0, 0.05) is 38.1 Å². The normalized spacial score (nSPS) is 14.4. The van der Waals surface area contributed by atoms with Crippen LogP contribution in [-0.2, 0) is 17.8 Å². The molecule has 1 aliphatic heterocycles. The quantitative estimate of drug-likeness (QED) is 0.590. The summed E-state index contributed by atoms with van der Waals surface area (Å²) in [5, 5.41) is 5.05. The number of anilines is 1. The third kappa shape index (κ3) is 5.35. The molecule has 3 aromatic rings. The van der Waals surface area contributed by atoms with E-state index >= 15 is 0 Å². The summed E-state index contributed by atoms with van der Waals surface area (Å²) in [6.45, 7) is 5.65. The van der Waals surface area contributed by atoms with Gasteiger partial charge < -0.3 is 14.1 Å². The van der Waals surface area contributed by atoms with Crippen molar-refractivity contribution in [1.29, 1.82) is 0 Å². The van der Waals surface area contributed by atoms with Gasteiger partial charge in [-0.3, -0.25) is 19.8 Å². The van der Waals surface area contributed by atoms with Crippen LogP contribution in [0.1, 0.15) is 27.4 Å². The van der Waals surface area contributed by atoms with Crippen LogP contribution < -0.4 is 10.1 Å². The molecule has 1 aliphatic rings. The van der Waals surface area contributed by atoms with E-state index in [-0.39, 0.29) is 18.2 Å². The van der Waals surface area contributed by atoms with Crippen LogP contribution in [0.2, 0.25) is 0 Å². The summed E-state index contributed by atoms with van der Waals surface area (Å²) in [5.41, 5.74) is 2.37. The van der Waals surface area contributed by atoms with E-state index < -0.39 is 0 Å². The Hall–Kier alpha value is -3.17. The summed E-state index contributed by atoms with van der Waals surface area (Å²) >= 11 is 1.31. The first kappa shape index (κ1) is 22.0. The molecule has 0 radical (unpaired) electrons. The minimum atomic E-state index is -0.267. The van der Waals surface area contributed by atoms with Crippen LogP contribution in [0, 0.1) is 6.92 Å². The van der Waals surface area contributed by atoms with Crippen LogP contribution in [0.5, 0.6) is 5.75 Å². The van der Waals surface area contributed by atoms with Crippen LogP contribution in [0.25, 0.3) is 0 Å². The van der Waals surface area contributed by atoms with Crippen molar-refractivity contribution >= 4 is 28.3 Å². The molecule has 1 aromatic carbocycles. The van der Waals surface area contributed by atoms with Gasteiger partial charge in [-0.25, -0.2) is 4.98 Å². The highest BCUT2D eigenvalue weighted by atomic mass is 32.1. The summed E-state index contributed by atoms with van der Waals surface area (Å²) in [4.78, 5) is 33.6. The van der Waals surface area contributed by atoms with Gasteiger partial charge in [-0.05, 0) is 30.7 Å². The van der Waals surface area contributed by atoms with Crippen molar-refractivity contribution in [2.75, 3.05) is 38.6 Å². The molecular formula is C23H26N4O4S. The lowest BCUT2D eigenvalue weighted by atomic mass is 10.2. The summed E-state index contributed by atoms with van der Waals surface area (Å²) < 4.78 is 10.4. The Morgan fingerprint density at radius 3 is 2.56 bits per heavy atom. The molecule has 0 saturated carbocycles. The molecule has 2 amide bonds. The molecule has 0 spiro atoms. The van der Waals surface area contributed by atoms with Crippen LogP contribution in [0.3, 0.4) is 0 Å². The largest absolute Gasteiger partial charge is 0.497 e. The Bertz CT molecular complexity index is 1070.